The number of aromatic nitrogens is 4. The third-order valence-electron chi connectivity index (χ3n) is 5.86. The first-order valence-electron chi connectivity index (χ1n) is 12.6. The molecule has 4 rings (SSSR count). The minimum absolute atomic E-state index is 0.0653. The van der Waals surface area contributed by atoms with Crippen LogP contribution in [0.1, 0.15) is 29.0 Å². The second-order valence-corrected chi connectivity index (χ2v) is 8.59. The van der Waals surface area contributed by atoms with Crippen molar-refractivity contribution < 1.29 is 23.7 Å². The van der Waals surface area contributed by atoms with Crippen molar-refractivity contribution in [2.45, 2.75) is 19.8 Å². The molecule has 0 atom stereocenters. The zero-order valence-electron chi connectivity index (χ0n) is 22.0. The number of carbonyl (C=O) groups is 1. The van der Waals surface area contributed by atoms with Crippen LogP contribution in [0, 0.1) is 6.92 Å². The normalized spacial score (nSPS) is 11.1. The molecule has 0 spiro atoms. The molecule has 38 heavy (non-hydrogen) atoms. The molecule has 2 aromatic heterocycles. The van der Waals surface area contributed by atoms with Gasteiger partial charge in [-0.25, -0.2) is 4.98 Å². The predicted octanol–water partition coefficient (Wildman–Crippen LogP) is 3.26. The molecule has 0 aliphatic carbocycles. The van der Waals surface area contributed by atoms with Crippen LogP contribution < -0.4 is 20.1 Å². The molecule has 11 heteroatoms. The molecule has 0 bridgehead atoms. The second kappa shape index (κ2) is 13.5. The SMILES string of the molecule is COCCOc1cc2nc(NCCCCNC(=O)c3ccccc3)c3nnc(C)n3c2cc1OCCOC. The van der Waals surface area contributed by atoms with Crippen molar-refractivity contribution in [2.24, 2.45) is 0 Å². The fraction of sp³-hybridized carbons (Fsp3) is 0.407. The van der Waals surface area contributed by atoms with E-state index in [0.29, 0.717) is 73.6 Å². The number of fused-ring (bicyclic) bond motifs is 3. The molecule has 0 aliphatic heterocycles. The summed E-state index contributed by atoms with van der Waals surface area (Å²) in [6.45, 7) is 4.81. The standard InChI is InChI=1S/C27H34N6O5/c1-19-31-32-26-25(28-11-7-8-12-29-27(34)20-9-5-4-6-10-20)30-21-17-23(37-15-13-35-2)24(38-16-14-36-3)18-22(21)33(19)26/h4-6,9-10,17-18H,7-8,11-16H2,1-3H3,(H,28,30)(H,29,34). The van der Waals surface area contributed by atoms with Gasteiger partial charge in [0.2, 0.25) is 5.65 Å². The molecule has 0 fully saturated rings. The summed E-state index contributed by atoms with van der Waals surface area (Å²) in [6, 6.07) is 13.0. The van der Waals surface area contributed by atoms with Crippen LogP contribution in [0.15, 0.2) is 42.5 Å². The molecule has 2 aromatic carbocycles. The minimum Gasteiger partial charge on any atom is -0.487 e. The third-order valence-corrected chi connectivity index (χ3v) is 5.86. The van der Waals surface area contributed by atoms with Crippen LogP contribution in [0.4, 0.5) is 5.82 Å². The minimum atomic E-state index is -0.0653. The monoisotopic (exact) mass is 522 g/mol. The number of hydrogen-bond donors (Lipinski definition) is 2. The largest absolute Gasteiger partial charge is 0.487 e. The lowest BCUT2D eigenvalue weighted by Gasteiger charge is -2.15. The van der Waals surface area contributed by atoms with Crippen molar-refractivity contribution in [1.29, 1.82) is 0 Å². The number of aryl methyl sites for hydroxylation is 1. The molecule has 202 valence electrons. The summed E-state index contributed by atoms with van der Waals surface area (Å²) in [6.07, 6.45) is 1.66. The predicted molar refractivity (Wildman–Crippen MR) is 144 cm³/mol. The van der Waals surface area contributed by atoms with Gasteiger partial charge < -0.3 is 29.6 Å². The Hall–Kier alpha value is -3.96. The maximum atomic E-state index is 12.2. The van der Waals surface area contributed by atoms with E-state index in [1.807, 2.05) is 41.7 Å². The van der Waals surface area contributed by atoms with Crippen LogP contribution in [0.2, 0.25) is 0 Å². The van der Waals surface area contributed by atoms with Gasteiger partial charge in [-0.05, 0) is 31.9 Å². The second-order valence-electron chi connectivity index (χ2n) is 8.59. The first-order valence-corrected chi connectivity index (χ1v) is 12.6. The lowest BCUT2D eigenvalue weighted by molar-refractivity contribution is 0.0953. The van der Waals surface area contributed by atoms with Gasteiger partial charge in [-0.1, -0.05) is 18.2 Å². The first kappa shape index (κ1) is 27.1. The van der Waals surface area contributed by atoms with Crippen molar-refractivity contribution in [1.82, 2.24) is 24.9 Å². The molecule has 0 aliphatic rings. The van der Waals surface area contributed by atoms with E-state index in [1.165, 1.54) is 0 Å². The average Bonchev–Trinajstić information content (AvgIpc) is 3.33. The summed E-state index contributed by atoms with van der Waals surface area (Å²) >= 11 is 0. The maximum absolute atomic E-state index is 12.2. The summed E-state index contributed by atoms with van der Waals surface area (Å²) < 4.78 is 24.1. The highest BCUT2D eigenvalue weighted by Gasteiger charge is 2.17. The number of nitrogens with zero attached hydrogens (tertiary/aromatic N) is 4. The zero-order valence-corrected chi connectivity index (χ0v) is 22.0. The maximum Gasteiger partial charge on any atom is 0.251 e. The fourth-order valence-electron chi connectivity index (χ4n) is 3.95. The Labute approximate surface area is 221 Å². The molecule has 2 heterocycles. The summed E-state index contributed by atoms with van der Waals surface area (Å²) in [7, 11) is 3.26. The van der Waals surface area contributed by atoms with Gasteiger partial charge in [-0.3, -0.25) is 9.20 Å². The van der Waals surface area contributed by atoms with E-state index in [1.54, 1.807) is 26.4 Å². The van der Waals surface area contributed by atoms with Crippen molar-refractivity contribution >= 4 is 28.4 Å². The van der Waals surface area contributed by atoms with E-state index >= 15 is 0 Å². The van der Waals surface area contributed by atoms with Crippen LogP contribution in [-0.2, 0) is 9.47 Å². The van der Waals surface area contributed by atoms with Crippen molar-refractivity contribution in [2.75, 3.05) is 59.1 Å². The van der Waals surface area contributed by atoms with Gasteiger partial charge in [0.05, 0.1) is 24.2 Å². The van der Waals surface area contributed by atoms with E-state index in [0.717, 1.165) is 24.2 Å². The molecule has 4 aromatic rings. The Morgan fingerprint density at radius 3 is 2.29 bits per heavy atom. The number of nitrogens with one attached hydrogen (secondary N) is 2. The Kier molecular flexibility index (Phi) is 9.65. The quantitative estimate of drug-likeness (QED) is 0.227. The van der Waals surface area contributed by atoms with E-state index in [2.05, 4.69) is 20.8 Å². The summed E-state index contributed by atoms with van der Waals surface area (Å²) in [5.74, 6) is 2.45. The van der Waals surface area contributed by atoms with E-state index in [4.69, 9.17) is 23.9 Å². The van der Waals surface area contributed by atoms with Crippen LogP contribution in [0.5, 0.6) is 11.5 Å². The molecule has 0 saturated carbocycles. The lowest BCUT2D eigenvalue weighted by atomic mass is 10.2. The third kappa shape index (κ3) is 6.67. The van der Waals surface area contributed by atoms with Gasteiger partial charge in [-0.15, -0.1) is 10.2 Å². The smallest absolute Gasteiger partial charge is 0.251 e. The Balaban J connectivity index is 1.47. The van der Waals surface area contributed by atoms with E-state index in [9.17, 15) is 4.79 Å². The van der Waals surface area contributed by atoms with Gasteiger partial charge >= 0.3 is 0 Å². The fourth-order valence-corrected chi connectivity index (χ4v) is 3.95. The summed E-state index contributed by atoms with van der Waals surface area (Å²) in [5, 5.41) is 15.0. The number of anilines is 1. The molecular weight excluding hydrogens is 488 g/mol. The van der Waals surface area contributed by atoms with Gasteiger partial charge in [0.15, 0.2) is 17.3 Å². The average molecular weight is 523 g/mol. The molecule has 0 radical (unpaired) electrons. The molecule has 2 N–H and O–H groups in total. The van der Waals surface area contributed by atoms with Crippen molar-refractivity contribution in [3.8, 4) is 11.5 Å². The first-order chi connectivity index (χ1) is 18.6. The van der Waals surface area contributed by atoms with Crippen LogP contribution in [0.3, 0.4) is 0 Å². The number of unbranched alkanes of at least 4 members (excludes halogenated alkanes) is 1. The van der Waals surface area contributed by atoms with Gasteiger partial charge in [-0.2, -0.15) is 0 Å². The lowest BCUT2D eigenvalue weighted by Crippen LogP contribution is -2.24. The highest BCUT2D eigenvalue weighted by Crippen LogP contribution is 2.34. The van der Waals surface area contributed by atoms with Gasteiger partial charge in [0.1, 0.15) is 19.0 Å². The van der Waals surface area contributed by atoms with Gasteiger partial charge in [0, 0.05) is 45.0 Å². The molecule has 11 nitrogen and oxygen atoms in total. The molecular formula is C27H34N6O5. The Bertz CT molecular complexity index is 1340. The molecule has 1 amide bonds. The highest BCUT2D eigenvalue weighted by atomic mass is 16.5. The van der Waals surface area contributed by atoms with Gasteiger partial charge in [0.25, 0.3) is 5.91 Å². The molecule has 0 saturated heterocycles. The Morgan fingerprint density at radius 2 is 1.58 bits per heavy atom. The number of benzene rings is 2. The van der Waals surface area contributed by atoms with Crippen LogP contribution in [0.25, 0.3) is 16.7 Å². The summed E-state index contributed by atoms with van der Waals surface area (Å²) in [4.78, 5) is 17.0. The number of carbonyl (C=O) groups excluding carboxylic acids is 1. The number of ether oxygens (including phenoxy) is 4. The zero-order chi connectivity index (χ0) is 26.7. The van der Waals surface area contributed by atoms with E-state index in [-0.39, 0.29) is 5.91 Å². The van der Waals surface area contributed by atoms with Crippen molar-refractivity contribution in [3.63, 3.8) is 0 Å². The topological polar surface area (TPSA) is 121 Å². The van der Waals surface area contributed by atoms with Crippen molar-refractivity contribution in [3.05, 3.63) is 53.9 Å². The van der Waals surface area contributed by atoms with E-state index < -0.39 is 0 Å². The summed E-state index contributed by atoms with van der Waals surface area (Å²) in [5.41, 5.74) is 2.81. The number of hydrogen-bond acceptors (Lipinski definition) is 9. The highest BCUT2D eigenvalue weighted by molar-refractivity contribution is 5.94. The molecule has 0 unspecified atom stereocenters. The van der Waals surface area contributed by atoms with Crippen LogP contribution >= 0.6 is 0 Å². The number of amides is 1. The number of rotatable bonds is 15. The Morgan fingerprint density at radius 1 is 0.895 bits per heavy atom. The van der Waals surface area contributed by atoms with Crippen LogP contribution in [-0.4, -0.2) is 79.2 Å². The number of methoxy groups -OCH3 is 2.